The summed E-state index contributed by atoms with van der Waals surface area (Å²) in [6.45, 7) is 5.25. The Morgan fingerprint density at radius 1 is 1.22 bits per heavy atom. The molecule has 0 fully saturated rings. The summed E-state index contributed by atoms with van der Waals surface area (Å²) in [5.41, 5.74) is 1.04. The highest BCUT2D eigenvalue weighted by Crippen LogP contribution is 2.36. The van der Waals surface area contributed by atoms with Crippen LogP contribution in [0.5, 0.6) is 0 Å². The van der Waals surface area contributed by atoms with Gasteiger partial charge in [0.25, 0.3) is 0 Å². The van der Waals surface area contributed by atoms with Crippen molar-refractivity contribution in [1.82, 2.24) is 5.32 Å². The Morgan fingerprint density at radius 3 is 2.67 bits per heavy atom. The smallest absolute Gasteiger partial charge is 0.0507 e. The third-order valence-corrected chi connectivity index (χ3v) is 4.61. The van der Waals surface area contributed by atoms with Crippen LogP contribution >= 0.6 is 34.5 Å². The lowest BCUT2D eigenvalue weighted by molar-refractivity contribution is 0.607. The molecule has 1 nitrogen and oxygen atoms in total. The highest BCUT2D eigenvalue weighted by atomic mass is 35.5. The predicted octanol–water partition coefficient (Wildman–Crippen LogP) is 5.39. The van der Waals surface area contributed by atoms with Gasteiger partial charge in [0, 0.05) is 26.4 Å². The van der Waals surface area contributed by atoms with E-state index in [0.29, 0.717) is 16.1 Å². The summed E-state index contributed by atoms with van der Waals surface area (Å²) in [7, 11) is 0. The first kappa shape index (κ1) is 13.9. The van der Waals surface area contributed by atoms with Crippen molar-refractivity contribution in [3.63, 3.8) is 0 Å². The van der Waals surface area contributed by atoms with Gasteiger partial charge in [0.1, 0.15) is 0 Å². The molecule has 0 saturated heterocycles. The molecule has 0 bridgehead atoms. The van der Waals surface area contributed by atoms with E-state index in [2.05, 4.69) is 31.3 Å². The van der Waals surface area contributed by atoms with E-state index >= 15 is 0 Å². The fourth-order valence-corrected chi connectivity index (χ4v) is 3.47. The number of thiophene rings is 1. The Bertz CT molecular complexity index is 536. The van der Waals surface area contributed by atoms with Crippen LogP contribution in [0.4, 0.5) is 0 Å². The van der Waals surface area contributed by atoms with Gasteiger partial charge in [-0.05, 0) is 37.7 Å². The van der Waals surface area contributed by atoms with E-state index in [4.69, 9.17) is 23.2 Å². The summed E-state index contributed by atoms with van der Waals surface area (Å²) in [4.78, 5) is 2.49. The van der Waals surface area contributed by atoms with Crippen LogP contribution < -0.4 is 5.32 Å². The first-order valence-electron chi connectivity index (χ1n) is 5.90. The molecule has 4 heteroatoms. The number of rotatable bonds is 4. The predicted molar refractivity (Wildman–Crippen MR) is 81.9 cm³/mol. The Kier molecular flexibility index (Phi) is 4.68. The van der Waals surface area contributed by atoms with Crippen molar-refractivity contribution in [3.8, 4) is 10.4 Å². The van der Waals surface area contributed by atoms with Gasteiger partial charge in [0.15, 0.2) is 0 Å². The molecule has 2 rings (SSSR count). The minimum absolute atomic E-state index is 0.375. The van der Waals surface area contributed by atoms with Crippen molar-refractivity contribution in [2.45, 2.75) is 19.9 Å². The fourth-order valence-electron chi connectivity index (χ4n) is 1.83. The molecule has 1 N–H and O–H groups in total. The van der Waals surface area contributed by atoms with Gasteiger partial charge in [-0.25, -0.2) is 0 Å². The summed E-state index contributed by atoms with van der Waals surface area (Å²) in [5, 5.41) is 4.78. The maximum Gasteiger partial charge on any atom is 0.0507 e. The summed E-state index contributed by atoms with van der Waals surface area (Å²) in [5.74, 6) is 0. The summed E-state index contributed by atoms with van der Waals surface area (Å²) >= 11 is 13.9. The minimum Gasteiger partial charge on any atom is -0.310 e. The van der Waals surface area contributed by atoms with E-state index < -0.39 is 0 Å². The van der Waals surface area contributed by atoms with Crippen molar-refractivity contribution < 1.29 is 0 Å². The van der Waals surface area contributed by atoms with Crippen molar-refractivity contribution in [3.05, 3.63) is 45.3 Å². The van der Waals surface area contributed by atoms with E-state index in [1.165, 1.54) is 9.75 Å². The molecule has 0 aliphatic heterocycles. The molecule has 0 saturated carbocycles. The third-order valence-electron chi connectivity index (χ3n) is 2.76. The molecule has 18 heavy (non-hydrogen) atoms. The Balaban J connectivity index is 2.29. The van der Waals surface area contributed by atoms with Crippen molar-refractivity contribution >= 4 is 34.5 Å². The zero-order valence-corrected chi connectivity index (χ0v) is 12.7. The second kappa shape index (κ2) is 6.07. The van der Waals surface area contributed by atoms with Crippen LogP contribution in [0.25, 0.3) is 10.4 Å². The van der Waals surface area contributed by atoms with Gasteiger partial charge in [0.05, 0.1) is 5.02 Å². The fraction of sp³-hybridized carbons (Fsp3) is 0.286. The van der Waals surface area contributed by atoms with Crippen LogP contribution in [0.2, 0.25) is 10.0 Å². The standard InChI is InChI=1S/C14H15Cl2NS/c1-3-17-9(2)13-6-7-14(18-13)11-5-4-10(15)8-12(11)16/h4-9,17H,3H2,1-2H3. The molecule has 0 radical (unpaired) electrons. The monoisotopic (exact) mass is 299 g/mol. The number of hydrogen-bond acceptors (Lipinski definition) is 2. The minimum atomic E-state index is 0.375. The molecule has 1 heterocycles. The summed E-state index contributed by atoms with van der Waals surface area (Å²) in [6, 6.07) is 10.3. The molecule has 1 atom stereocenters. The van der Waals surface area contributed by atoms with Crippen molar-refractivity contribution in [2.75, 3.05) is 6.54 Å². The summed E-state index contributed by atoms with van der Waals surface area (Å²) < 4.78 is 0. The van der Waals surface area contributed by atoms with E-state index in [0.717, 1.165) is 12.1 Å². The van der Waals surface area contributed by atoms with Crippen LogP contribution in [0, 0.1) is 0 Å². The molecular formula is C14H15Cl2NS. The number of halogens is 2. The van der Waals surface area contributed by atoms with Gasteiger partial charge < -0.3 is 5.32 Å². The lowest BCUT2D eigenvalue weighted by Crippen LogP contribution is -2.16. The molecule has 2 aromatic rings. The normalized spacial score (nSPS) is 12.7. The van der Waals surface area contributed by atoms with Crippen molar-refractivity contribution in [2.24, 2.45) is 0 Å². The average molecular weight is 300 g/mol. The lowest BCUT2D eigenvalue weighted by Gasteiger charge is -2.09. The van der Waals surface area contributed by atoms with E-state index in [9.17, 15) is 0 Å². The molecule has 0 aliphatic rings. The molecule has 1 aromatic heterocycles. The SMILES string of the molecule is CCNC(C)c1ccc(-c2ccc(Cl)cc2Cl)s1. The molecule has 96 valence electrons. The van der Waals surface area contributed by atoms with Gasteiger partial charge in [-0.1, -0.05) is 36.2 Å². The maximum absolute atomic E-state index is 6.22. The molecule has 0 spiro atoms. The zero-order valence-electron chi connectivity index (χ0n) is 10.3. The molecule has 0 aliphatic carbocycles. The molecule has 0 amide bonds. The van der Waals surface area contributed by atoms with Crippen LogP contribution in [0.15, 0.2) is 30.3 Å². The van der Waals surface area contributed by atoms with E-state index in [-0.39, 0.29) is 0 Å². The second-order valence-electron chi connectivity index (χ2n) is 4.11. The first-order valence-corrected chi connectivity index (χ1v) is 7.47. The van der Waals surface area contributed by atoms with Crippen LogP contribution in [-0.4, -0.2) is 6.54 Å². The molecule has 1 unspecified atom stereocenters. The largest absolute Gasteiger partial charge is 0.310 e. The zero-order chi connectivity index (χ0) is 13.1. The second-order valence-corrected chi connectivity index (χ2v) is 6.06. The quantitative estimate of drug-likeness (QED) is 0.798. The highest BCUT2D eigenvalue weighted by Gasteiger charge is 2.10. The van der Waals surface area contributed by atoms with Gasteiger partial charge in [0.2, 0.25) is 0 Å². The van der Waals surface area contributed by atoms with Crippen LogP contribution in [0.1, 0.15) is 24.8 Å². The Morgan fingerprint density at radius 2 is 2.00 bits per heavy atom. The Hall–Kier alpha value is -0.540. The van der Waals surface area contributed by atoms with E-state index in [1.54, 1.807) is 17.4 Å². The molecule has 1 aromatic carbocycles. The van der Waals surface area contributed by atoms with Gasteiger partial charge >= 0.3 is 0 Å². The number of hydrogen-bond donors (Lipinski definition) is 1. The van der Waals surface area contributed by atoms with Gasteiger partial charge in [-0.15, -0.1) is 11.3 Å². The van der Waals surface area contributed by atoms with Crippen molar-refractivity contribution in [1.29, 1.82) is 0 Å². The summed E-state index contributed by atoms with van der Waals surface area (Å²) in [6.07, 6.45) is 0. The topological polar surface area (TPSA) is 12.0 Å². The van der Waals surface area contributed by atoms with Crippen LogP contribution in [-0.2, 0) is 0 Å². The Labute approximate surface area is 122 Å². The van der Waals surface area contributed by atoms with Crippen LogP contribution in [0.3, 0.4) is 0 Å². The molecular weight excluding hydrogens is 285 g/mol. The highest BCUT2D eigenvalue weighted by molar-refractivity contribution is 7.15. The number of nitrogens with one attached hydrogen (secondary N) is 1. The average Bonchev–Trinajstić information content (AvgIpc) is 2.78. The third kappa shape index (κ3) is 3.07. The maximum atomic E-state index is 6.22. The van der Waals surface area contributed by atoms with Gasteiger partial charge in [-0.3, -0.25) is 0 Å². The number of benzene rings is 1. The van der Waals surface area contributed by atoms with E-state index in [1.807, 2.05) is 12.1 Å². The van der Waals surface area contributed by atoms with Gasteiger partial charge in [-0.2, -0.15) is 0 Å². The lowest BCUT2D eigenvalue weighted by atomic mass is 10.2. The first-order chi connectivity index (χ1) is 8.61.